The van der Waals surface area contributed by atoms with Crippen LogP contribution in [0.25, 0.3) is 11.3 Å². The van der Waals surface area contributed by atoms with Crippen molar-refractivity contribution in [2.45, 2.75) is 107 Å². The first-order valence-electron chi connectivity index (χ1n) is 19.4. The van der Waals surface area contributed by atoms with Gasteiger partial charge in [-0.1, -0.05) is 67.5 Å². The molecule has 296 valence electrons. The van der Waals surface area contributed by atoms with Gasteiger partial charge in [0.2, 0.25) is 21.8 Å². The molecule has 4 heterocycles. The molecule has 5 atom stereocenters. The lowest BCUT2D eigenvalue weighted by atomic mass is 9.91. The monoisotopic (exact) mass is 803 g/mol. The number of ether oxygens (including phenoxy) is 1. The Morgan fingerprint density at radius 1 is 1.04 bits per heavy atom. The summed E-state index contributed by atoms with van der Waals surface area (Å²) < 4.78 is 48.1. The van der Waals surface area contributed by atoms with E-state index >= 15 is 0 Å². The number of rotatable bonds is 7. The van der Waals surface area contributed by atoms with E-state index in [1.54, 1.807) is 19.1 Å². The maximum atomic E-state index is 14.7. The number of nitrogens with zero attached hydrogens (tertiary/aromatic N) is 3. The second-order valence-corrected chi connectivity index (χ2v) is 19.2. The molecule has 5 aliphatic rings. The first kappa shape index (κ1) is 38.3. The summed E-state index contributed by atoms with van der Waals surface area (Å²) in [7, 11) is -3.96. The van der Waals surface area contributed by atoms with Gasteiger partial charge < -0.3 is 15.0 Å². The summed E-state index contributed by atoms with van der Waals surface area (Å²) in [5.74, 6) is -2.19. The van der Waals surface area contributed by atoms with Gasteiger partial charge in [0, 0.05) is 35.9 Å². The summed E-state index contributed by atoms with van der Waals surface area (Å²) in [5, 5.41) is 5.82. The number of aromatic nitrogens is 1. The minimum absolute atomic E-state index is 0.00215. The number of allylic oxidation sites excluding steroid dienone is 2. The third-order valence-corrected chi connectivity index (χ3v) is 15.1. The minimum Gasteiger partial charge on any atom is -0.444 e. The van der Waals surface area contributed by atoms with Gasteiger partial charge in [0.25, 0.3) is 0 Å². The number of amides is 3. The number of benzene rings is 2. The summed E-state index contributed by atoms with van der Waals surface area (Å²) in [6.45, 7) is 1.75. The summed E-state index contributed by atoms with van der Waals surface area (Å²) in [4.78, 5) is 64.2. The van der Waals surface area contributed by atoms with Crippen molar-refractivity contribution in [3.63, 3.8) is 0 Å². The molecule has 2 saturated carbocycles. The molecule has 2 aromatic carbocycles. The molecule has 1 saturated heterocycles. The molecule has 3 aromatic rings. The highest BCUT2D eigenvalue weighted by atomic mass is 32.2. The van der Waals surface area contributed by atoms with Crippen LogP contribution < -0.4 is 10.0 Å². The molecule has 1 aromatic heterocycles. The van der Waals surface area contributed by atoms with Gasteiger partial charge in [-0.3, -0.25) is 24.0 Å². The summed E-state index contributed by atoms with van der Waals surface area (Å²) in [6.07, 6.45) is 6.93. The smallest absolute Gasteiger partial charge is 0.410 e. The van der Waals surface area contributed by atoms with Crippen LogP contribution in [-0.2, 0) is 42.2 Å². The molecule has 3 aliphatic heterocycles. The first-order chi connectivity index (χ1) is 26.9. The lowest BCUT2D eigenvalue weighted by Gasteiger charge is -2.29. The Bertz CT molecular complexity index is 2170. The largest absolute Gasteiger partial charge is 0.444 e. The number of carbonyl (C=O) groups is 4. The molecular weight excluding hydrogens is 758 g/mol. The quantitative estimate of drug-likeness (QED) is 0.261. The molecule has 15 heteroatoms. The van der Waals surface area contributed by atoms with Gasteiger partial charge in [-0.15, -0.1) is 11.3 Å². The SMILES string of the molecule is CC1(S(=O)(=O)NC(=O)[C@]23CC(=O)[C@@H]4C[C@@H](OC(=O)N5Cc6cccc(F)c6C5)CN4C(=O)[C@@H](Nc4nc(-c5ccccc5)cs4)CCCCC/C=C\[C@@H]2C3)CC1. The van der Waals surface area contributed by atoms with Gasteiger partial charge in [0.15, 0.2) is 10.9 Å². The third kappa shape index (κ3) is 7.59. The Balaban J connectivity index is 1.06. The molecule has 3 fully saturated rings. The van der Waals surface area contributed by atoms with Crippen LogP contribution >= 0.6 is 11.3 Å². The molecule has 2 aliphatic carbocycles. The van der Waals surface area contributed by atoms with Crippen molar-refractivity contribution < 1.29 is 36.7 Å². The predicted octanol–water partition coefficient (Wildman–Crippen LogP) is 6.34. The van der Waals surface area contributed by atoms with E-state index in [-0.39, 0.29) is 44.3 Å². The molecule has 12 nitrogen and oxygen atoms in total. The Kier molecular flexibility index (Phi) is 10.3. The number of Topliss-reactive ketones (excluding diaryl/α,β-unsaturated/α-hetero) is 1. The zero-order valence-electron chi connectivity index (χ0n) is 31.2. The molecule has 0 bridgehead atoms. The van der Waals surface area contributed by atoms with E-state index in [4.69, 9.17) is 9.72 Å². The lowest BCUT2D eigenvalue weighted by Crippen LogP contribution is -2.49. The predicted molar refractivity (Wildman–Crippen MR) is 208 cm³/mol. The minimum atomic E-state index is -3.96. The van der Waals surface area contributed by atoms with Crippen molar-refractivity contribution in [2.75, 3.05) is 11.9 Å². The van der Waals surface area contributed by atoms with Crippen LogP contribution in [-0.4, -0.2) is 76.4 Å². The van der Waals surface area contributed by atoms with E-state index in [2.05, 4.69) is 10.0 Å². The standard InChI is InChI=1S/C41H46FN5O7S2/c1-40(17-18-40)56(52,53)45-37(50)41-20-28(41)14-8-3-2-4-9-16-32(43-38-44-33(25-55-38)26-11-6-5-7-12-26)36(49)47-23-29(19-34(47)35(48)21-41)54-39(51)46-22-27-13-10-15-31(42)30(27)24-46/h5-8,10-15,25,28-29,32,34H,2-4,9,16-24H2,1H3,(H,43,44)(H,45,50)/b14-8-/t28-,29-,32+,34+,41-/m1/s1. The van der Waals surface area contributed by atoms with Crippen LogP contribution in [0.15, 0.2) is 66.1 Å². The highest BCUT2D eigenvalue weighted by molar-refractivity contribution is 7.91. The molecule has 2 N–H and O–H groups in total. The zero-order valence-corrected chi connectivity index (χ0v) is 32.9. The first-order valence-corrected chi connectivity index (χ1v) is 21.8. The number of halogens is 1. The summed E-state index contributed by atoms with van der Waals surface area (Å²) in [6, 6.07) is 12.6. The summed E-state index contributed by atoms with van der Waals surface area (Å²) in [5.41, 5.74) is 1.53. The van der Waals surface area contributed by atoms with E-state index in [0.717, 1.165) is 36.9 Å². The number of thiazole rings is 1. The van der Waals surface area contributed by atoms with E-state index in [1.807, 2.05) is 47.9 Å². The number of carbonyl (C=O) groups excluding carboxylic acids is 4. The lowest BCUT2D eigenvalue weighted by molar-refractivity contribution is -0.139. The fourth-order valence-electron chi connectivity index (χ4n) is 8.25. The number of hydrogen-bond acceptors (Lipinski definition) is 10. The van der Waals surface area contributed by atoms with Crippen LogP contribution in [0.4, 0.5) is 14.3 Å². The number of sulfonamides is 1. The zero-order chi connectivity index (χ0) is 39.2. The van der Waals surface area contributed by atoms with Crippen molar-refractivity contribution in [1.82, 2.24) is 19.5 Å². The Morgan fingerprint density at radius 2 is 1.84 bits per heavy atom. The van der Waals surface area contributed by atoms with Gasteiger partial charge in [0.1, 0.15) is 18.0 Å². The second kappa shape index (κ2) is 15.0. The Hall–Kier alpha value is -4.63. The van der Waals surface area contributed by atoms with E-state index in [9.17, 15) is 32.0 Å². The van der Waals surface area contributed by atoms with Gasteiger partial charge >= 0.3 is 6.09 Å². The Morgan fingerprint density at radius 3 is 2.61 bits per heavy atom. The van der Waals surface area contributed by atoms with Gasteiger partial charge in [-0.25, -0.2) is 22.6 Å². The second-order valence-electron chi connectivity index (χ2n) is 16.1. The van der Waals surface area contributed by atoms with E-state index in [1.165, 1.54) is 27.2 Å². The molecule has 8 rings (SSSR count). The van der Waals surface area contributed by atoms with Crippen LogP contribution in [0.2, 0.25) is 0 Å². The maximum absolute atomic E-state index is 14.7. The highest BCUT2D eigenvalue weighted by Gasteiger charge is 2.62. The van der Waals surface area contributed by atoms with Crippen LogP contribution in [0.3, 0.4) is 0 Å². The number of anilines is 1. The molecule has 3 amide bonds. The average Bonchev–Trinajstić information content (AvgIpc) is 3.82. The maximum Gasteiger partial charge on any atom is 0.410 e. The van der Waals surface area contributed by atoms with Crippen molar-refractivity contribution in [1.29, 1.82) is 0 Å². The van der Waals surface area contributed by atoms with Crippen LogP contribution in [0.5, 0.6) is 0 Å². The normalized spacial score (nSPS) is 27.9. The van der Waals surface area contributed by atoms with Gasteiger partial charge in [0.05, 0.1) is 35.0 Å². The van der Waals surface area contributed by atoms with E-state index < -0.39 is 62.0 Å². The van der Waals surface area contributed by atoms with Crippen molar-refractivity contribution >= 4 is 50.2 Å². The van der Waals surface area contributed by atoms with E-state index in [0.29, 0.717) is 41.9 Å². The fourth-order valence-corrected chi connectivity index (χ4v) is 10.4. The molecule has 0 spiro atoms. The topological polar surface area (TPSA) is 155 Å². The summed E-state index contributed by atoms with van der Waals surface area (Å²) >= 11 is 1.38. The number of nitrogens with one attached hydrogen (secondary N) is 2. The van der Waals surface area contributed by atoms with Crippen molar-refractivity contribution in [3.05, 3.63) is 83.0 Å². The van der Waals surface area contributed by atoms with Gasteiger partial charge in [-0.05, 0) is 63.0 Å². The number of fused-ring (bicyclic) bond motifs is 3. The third-order valence-electron chi connectivity index (χ3n) is 12.2. The van der Waals surface area contributed by atoms with Gasteiger partial charge in [-0.2, -0.15) is 0 Å². The molecular formula is C41H46FN5O7S2. The number of hydrogen-bond donors (Lipinski definition) is 2. The van der Waals surface area contributed by atoms with Crippen LogP contribution in [0, 0.1) is 17.2 Å². The van der Waals surface area contributed by atoms with Crippen molar-refractivity contribution in [3.8, 4) is 11.3 Å². The van der Waals surface area contributed by atoms with Crippen molar-refractivity contribution in [2.24, 2.45) is 11.3 Å². The molecule has 0 unspecified atom stereocenters. The number of ketones is 1. The molecule has 0 radical (unpaired) electrons. The average molecular weight is 804 g/mol. The Labute approximate surface area is 329 Å². The molecule has 56 heavy (non-hydrogen) atoms. The highest BCUT2D eigenvalue weighted by Crippen LogP contribution is 2.57. The van der Waals surface area contributed by atoms with Crippen LogP contribution in [0.1, 0.15) is 82.3 Å². The fraction of sp³-hybridized carbons (Fsp3) is 0.488.